The number of benzene rings is 1. The number of anilines is 1. The van der Waals surface area contributed by atoms with Gasteiger partial charge < -0.3 is 4.90 Å². The minimum atomic E-state index is -3.51. The molecule has 0 bridgehead atoms. The van der Waals surface area contributed by atoms with Crippen LogP contribution in [-0.2, 0) is 10.0 Å². The minimum absolute atomic E-state index is 0.146. The number of rotatable bonds is 4. The monoisotopic (exact) mass is 440 g/mol. The Balaban J connectivity index is 1.74. The molecule has 2 aromatic heterocycles. The number of sulfonamides is 1. The molecule has 1 unspecified atom stereocenters. The normalized spacial score (nSPS) is 17.2. The lowest BCUT2D eigenvalue weighted by atomic mass is 9.97. The zero-order chi connectivity index (χ0) is 22.3. The first kappa shape index (κ1) is 21.4. The van der Waals surface area contributed by atoms with Crippen LogP contribution in [0.1, 0.15) is 58.2 Å². The number of piperidine rings is 1. The van der Waals surface area contributed by atoms with E-state index >= 15 is 0 Å². The predicted octanol–water partition coefficient (Wildman–Crippen LogP) is 4.00. The van der Waals surface area contributed by atoms with Crippen molar-refractivity contribution in [1.82, 2.24) is 14.5 Å². The highest BCUT2D eigenvalue weighted by Gasteiger charge is 2.32. The summed E-state index contributed by atoms with van der Waals surface area (Å²) in [7, 11) is -3.51. The van der Waals surface area contributed by atoms with E-state index in [9.17, 15) is 13.2 Å². The summed E-state index contributed by atoms with van der Waals surface area (Å²) in [5.41, 5.74) is 5.68. The molecule has 1 fully saturated rings. The van der Waals surface area contributed by atoms with Crippen LogP contribution < -0.4 is 4.72 Å². The van der Waals surface area contributed by atoms with Crippen LogP contribution in [0.4, 0.5) is 5.69 Å². The van der Waals surface area contributed by atoms with E-state index in [1.54, 1.807) is 18.2 Å². The molecule has 8 heteroatoms. The number of hydrogen-bond acceptors (Lipinski definition) is 4. The number of hydrogen-bond donors (Lipinski definition) is 1. The molecule has 0 aliphatic carbocycles. The maximum absolute atomic E-state index is 13.6. The van der Waals surface area contributed by atoms with Gasteiger partial charge in [0, 0.05) is 12.2 Å². The number of aromatic nitrogens is 2. The van der Waals surface area contributed by atoms with Crippen molar-refractivity contribution in [3.63, 3.8) is 0 Å². The summed E-state index contributed by atoms with van der Waals surface area (Å²) < 4.78 is 28.1. The first-order valence-corrected chi connectivity index (χ1v) is 12.4. The van der Waals surface area contributed by atoms with Crippen molar-refractivity contribution in [2.75, 3.05) is 17.5 Å². The minimum Gasteiger partial charge on any atom is -0.330 e. The van der Waals surface area contributed by atoms with Crippen molar-refractivity contribution < 1.29 is 13.2 Å². The molecule has 3 heterocycles. The second-order valence-corrected chi connectivity index (χ2v) is 10.3. The molecule has 1 aliphatic rings. The summed E-state index contributed by atoms with van der Waals surface area (Å²) in [6.07, 6.45) is 3.84. The van der Waals surface area contributed by atoms with Gasteiger partial charge in [0.05, 0.1) is 34.8 Å². The van der Waals surface area contributed by atoms with Crippen molar-refractivity contribution in [1.29, 1.82) is 0 Å². The maximum Gasteiger partial charge on any atom is 0.256 e. The van der Waals surface area contributed by atoms with Gasteiger partial charge in [0.2, 0.25) is 10.0 Å². The number of carbonyl (C=O) groups is 1. The van der Waals surface area contributed by atoms with Crippen LogP contribution in [0, 0.1) is 20.8 Å². The number of pyridine rings is 1. The van der Waals surface area contributed by atoms with Gasteiger partial charge in [-0.3, -0.25) is 9.52 Å². The molecule has 164 valence electrons. The fraction of sp³-hybridized carbons (Fsp3) is 0.391. The van der Waals surface area contributed by atoms with Gasteiger partial charge in [-0.15, -0.1) is 0 Å². The van der Waals surface area contributed by atoms with Gasteiger partial charge in [-0.2, -0.15) is 5.10 Å². The van der Waals surface area contributed by atoms with Crippen LogP contribution in [0.15, 0.2) is 36.4 Å². The molecule has 7 nitrogen and oxygen atoms in total. The molecule has 0 radical (unpaired) electrons. The summed E-state index contributed by atoms with van der Waals surface area (Å²) >= 11 is 0. The lowest BCUT2D eigenvalue weighted by molar-refractivity contribution is 0.0606. The van der Waals surface area contributed by atoms with Gasteiger partial charge >= 0.3 is 0 Å². The van der Waals surface area contributed by atoms with Gasteiger partial charge in [0.25, 0.3) is 5.91 Å². The first-order chi connectivity index (χ1) is 14.6. The molecule has 1 saturated heterocycles. The Morgan fingerprint density at radius 1 is 1.06 bits per heavy atom. The number of amides is 1. The van der Waals surface area contributed by atoms with Crippen molar-refractivity contribution in [2.45, 2.75) is 46.1 Å². The quantitative estimate of drug-likeness (QED) is 0.665. The molecule has 1 amide bonds. The third kappa shape index (κ3) is 4.44. The van der Waals surface area contributed by atoms with E-state index in [4.69, 9.17) is 5.10 Å². The summed E-state index contributed by atoms with van der Waals surface area (Å²) in [5.74, 6) is -0.176. The fourth-order valence-corrected chi connectivity index (χ4v) is 4.97. The van der Waals surface area contributed by atoms with E-state index in [0.717, 1.165) is 48.0 Å². The highest BCUT2D eigenvalue weighted by molar-refractivity contribution is 7.92. The lowest BCUT2D eigenvalue weighted by Crippen LogP contribution is -2.39. The van der Waals surface area contributed by atoms with Crippen LogP contribution in [0.5, 0.6) is 0 Å². The lowest BCUT2D eigenvalue weighted by Gasteiger charge is -2.35. The molecule has 1 aliphatic heterocycles. The highest BCUT2D eigenvalue weighted by Crippen LogP contribution is 2.34. The Morgan fingerprint density at radius 3 is 2.58 bits per heavy atom. The largest absolute Gasteiger partial charge is 0.330 e. The Hall–Kier alpha value is -2.87. The van der Waals surface area contributed by atoms with Crippen LogP contribution in [0.25, 0.3) is 5.52 Å². The number of aryl methyl sites for hydroxylation is 3. The average molecular weight is 441 g/mol. The number of nitrogens with one attached hydrogen (secondary N) is 1. The molecule has 0 saturated carbocycles. The van der Waals surface area contributed by atoms with Crippen molar-refractivity contribution in [2.24, 2.45) is 0 Å². The van der Waals surface area contributed by atoms with E-state index in [0.29, 0.717) is 17.8 Å². The van der Waals surface area contributed by atoms with E-state index in [2.05, 4.69) is 29.8 Å². The van der Waals surface area contributed by atoms with Crippen LogP contribution in [0.2, 0.25) is 0 Å². The van der Waals surface area contributed by atoms with Gasteiger partial charge in [-0.25, -0.2) is 12.9 Å². The zero-order valence-electron chi connectivity index (χ0n) is 18.3. The second-order valence-electron chi connectivity index (χ2n) is 8.51. The van der Waals surface area contributed by atoms with Crippen molar-refractivity contribution in [3.8, 4) is 0 Å². The second kappa shape index (κ2) is 8.00. The SMILES string of the molecule is Cc1ccc(NS(C)(=O)=O)c(C(=O)N2CCCCC2c2cc3cc(C)cc(C)n3n2)c1. The molecule has 3 aromatic rings. The number of fused-ring (bicyclic) bond motifs is 1. The fourth-order valence-electron chi connectivity index (χ4n) is 4.39. The molecule has 4 rings (SSSR count). The van der Waals surface area contributed by atoms with Gasteiger partial charge in [-0.1, -0.05) is 11.6 Å². The molecule has 31 heavy (non-hydrogen) atoms. The number of likely N-dealkylation sites (tertiary alicyclic amines) is 1. The Morgan fingerprint density at radius 2 is 1.84 bits per heavy atom. The van der Waals surface area contributed by atoms with Crippen LogP contribution in [0.3, 0.4) is 0 Å². The first-order valence-electron chi connectivity index (χ1n) is 10.5. The Labute approximate surface area is 183 Å². The number of nitrogens with zero attached hydrogens (tertiary/aromatic N) is 3. The van der Waals surface area contributed by atoms with E-state index in [1.807, 2.05) is 23.3 Å². The summed E-state index contributed by atoms with van der Waals surface area (Å²) in [6, 6.07) is 11.3. The van der Waals surface area contributed by atoms with Gasteiger partial charge in [0.1, 0.15) is 0 Å². The molecular formula is C23H28N4O3S. The molecule has 1 N–H and O–H groups in total. The van der Waals surface area contributed by atoms with Crippen molar-refractivity contribution >= 4 is 27.1 Å². The maximum atomic E-state index is 13.6. The average Bonchev–Trinajstić information content (AvgIpc) is 3.12. The van der Waals surface area contributed by atoms with Crippen LogP contribution >= 0.6 is 0 Å². The number of carbonyl (C=O) groups excluding carboxylic acids is 1. The Kier molecular flexibility index (Phi) is 5.51. The summed E-state index contributed by atoms with van der Waals surface area (Å²) in [5, 5.41) is 4.81. The summed E-state index contributed by atoms with van der Waals surface area (Å²) in [6.45, 7) is 6.59. The molecular weight excluding hydrogens is 412 g/mol. The standard InChI is InChI=1S/C23H28N4O3S/c1-15-8-9-20(25-31(4,29)30)19(13-15)23(28)26-10-6-5-7-22(26)21-14-18-12-16(2)11-17(3)27(18)24-21/h8-9,11-14,22,25H,5-7,10H2,1-4H3. The van der Waals surface area contributed by atoms with E-state index in [1.165, 1.54) is 5.56 Å². The summed E-state index contributed by atoms with van der Waals surface area (Å²) in [4.78, 5) is 15.5. The highest BCUT2D eigenvalue weighted by atomic mass is 32.2. The van der Waals surface area contributed by atoms with E-state index < -0.39 is 10.0 Å². The predicted molar refractivity (Wildman–Crippen MR) is 122 cm³/mol. The third-order valence-electron chi connectivity index (χ3n) is 5.71. The van der Waals surface area contributed by atoms with Crippen molar-refractivity contribution in [3.05, 3.63) is 64.5 Å². The van der Waals surface area contributed by atoms with Gasteiger partial charge in [-0.05, 0) is 75.9 Å². The van der Waals surface area contributed by atoms with Gasteiger partial charge in [0.15, 0.2) is 0 Å². The zero-order valence-corrected chi connectivity index (χ0v) is 19.2. The third-order valence-corrected chi connectivity index (χ3v) is 6.30. The Bertz CT molecular complexity index is 1260. The van der Waals surface area contributed by atoms with Crippen LogP contribution in [-0.4, -0.2) is 41.6 Å². The molecule has 1 aromatic carbocycles. The smallest absolute Gasteiger partial charge is 0.256 e. The van der Waals surface area contributed by atoms with E-state index in [-0.39, 0.29) is 11.9 Å². The molecule has 0 spiro atoms. The topological polar surface area (TPSA) is 83.8 Å². The molecule has 1 atom stereocenters.